The van der Waals surface area contributed by atoms with Crippen molar-refractivity contribution in [3.63, 3.8) is 0 Å². The third kappa shape index (κ3) is 8.99. The molecule has 5 N–H and O–H groups in total. The molecule has 2 aromatic carbocycles. The maximum atomic E-state index is 13.5. The number of rotatable bonds is 12. The van der Waals surface area contributed by atoms with Crippen molar-refractivity contribution >= 4 is 32.7 Å². The lowest BCUT2D eigenvalue weighted by Crippen LogP contribution is -2.49. The van der Waals surface area contributed by atoms with Gasteiger partial charge in [0, 0.05) is 25.6 Å². The summed E-state index contributed by atoms with van der Waals surface area (Å²) in [5.41, 5.74) is 0.927. The Morgan fingerprint density at radius 3 is 2.02 bits per heavy atom. The minimum Gasteiger partial charge on any atom is -0.493 e. The van der Waals surface area contributed by atoms with E-state index in [1.807, 2.05) is 19.1 Å². The third-order valence-corrected chi connectivity index (χ3v) is 10.6. The number of ether oxygens (including phenoxy) is 1. The van der Waals surface area contributed by atoms with Gasteiger partial charge >= 0.3 is 15.2 Å². The van der Waals surface area contributed by atoms with Crippen molar-refractivity contribution < 1.29 is 43.0 Å². The van der Waals surface area contributed by atoms with Gasteiger partial charge < -0.3 is 34.5 Å². The standard InChI is InChI=1S/C27H38N2O9P2/c1-3-29(23-13-15-24(16-14-23)38-18-21-7-5-4-6-8-21)26(31)25(28-19(2)30)17-20-9-11-22(12-10-20)27(39(32,33)34)40(35,36)37/h9-16,21,25,27H,3-8,17-18H2,1-2H3,(H,28,30)(H2,32,33,34)(H2,35,36,37). The number of benzene rings is 2. The molecule has 11 nitrogen and oxygen atoms in total. The molecule has 2 amide bonds. The fraction of sp³-hybridized carbons (Fsp3) is 0.481. The zero-order valence-electron chi connectivity index (χ0n) is 22.7. The summed E-state index contributed by atoms with van der Waals surface area (Å²) in [5.74, 6) is 0.510. The van der Waals surface area contributed by atoms with Gasteiger partial charge in [0.05, 0.1) is 6.61 Å². The Morgan fingerprint density at radius 1 is 0.950 bits per heavy atom. The summed E-state index contributed by atoms with van der Waals surface area (Å²) < 4.78 is 29.4. The van der Waals surface area contributed by atoms with Crippen LogP contribution in [0.5, 0.6) is 5.75 Å². The third-order valence-electron chi connectivity index (χ3n) is 6.97. The van der Waals surface area contributed by atoms with Crippen LogP contribution in [0, 0.1) is 5.92 Å². The molecule has 1 aliphatic rings. The number of hydrogen-bond donors (Lipinski definition) is 5. The van der Waals surface area contributed by atoms with Crippen molar-refractivity contribution in [2.24, 2.45) is 5.92 Å². The number of carbonyl (C=O) groups is 2. The molecule has 3 rings (SSSR count). The van der Waals surface area contributed by atoms with Crippen LogP contribution in [0.4, 0.5) is 5.69 Å². The lowest BCUT2D eigenvalue weighted by Gasteiger charge is -2.27. The lowest BCUT2D eigenvalue weighted by atomic mass is 9.90. The normalized spacial score (nSPS) is 15.5. The van der Waals surface area contributed by atoms with Crippen molar-refractivity contribution in [3.05, 3.63) is 59.7 Å². The molecule has 0 aromatic heterocycles. The van der Waals surface area contributed by atoms with Crippen molar-refractivity contribution in [2.45, 2.75) is 63.8 Å². The first-order valence-corrected chi connectivity index (χ1v) is 16.7. The van der Waals surface area contributed by atoms with Gasteiger partial charge in [-0.3, -0.25) is 18.7 Å². The summed E-state index contributed by atoms with van der Waals surface area (Å²) in [7, 11) is -10.3. The molecular formula is C27H38N2O9P2. The second kappa shape index (κ2) is 13.9. The molecule has 0 spiro atoms. The molecule has 40 heavy (non-hydrogen) atoms. The highest BCUT2D eigenvalue weighted by molar-refractivity contribution is 7.70. The molecular weight excluding hydrogens is 558 g/mol. The van der Waals surface area contributed by atoms with Crippen LogP contribution in [0.1, 0.15) is 62.5 Å². The van der Waals surface area contributed by atoms with E-state index < -0.39 is 32.5 Å². The number of anilines is 1. The molecule has 13 heteroatoms. The summed E-state index contributed by atoms with van der Waals surface area (Å²) in [6.07, 6.45) is 6.16. The van der Waals surface area contributed by atoms with Crippen LogP contribution in [0.3, 0.4) is 0 Å². The summed E-state index contributed by atoms with van der Waals surface area (Å²) in [4.78, 5) is 64.9. The van der Waals surface area contributed by atoms with Gasteiger partial charge in [-0.1, -0.05) is 43.5 Å². The first-order valence-electron chi connectivity index (χ1n) is 13.3. The predicted octanol–water partition coefficient (Wildman–Crippen LogP) is 4.10. The van der Waals surface area contributed by atoms with Gasteiger partial charge in [0.1, 0.15) is 11.8 Å². The minimum absolute atomic E-state index is 0.0499. The molecule has 1 unspecified atom stereocenters. The van der Waals surface area contributed by atoms with E-state index in [-0.39, 0.29) is 17.9 Å². The Balaban J connectivity index is 1.74. The van der Waals surface area contributed by atoms with E-state index >= 15 is 0 Å². The Morgan fingerprint density at radius 2 is 1.52 bits per heavy atom. The Kier molecular flexibility index (Phi) is 11.1. The smallest absolute Gasteiger partial charge is 0.345 e. The van der Waals surface area contributed by atoms with Crippen LogP contribution >= 0.6 is 15.2 Å². The van der Waals surface area contributed by atoms with Crippen LogP contribution in [-0.2, 0) is 25.1 Å². The molecule has 1 aliphatic carbocycles. The summed E-state index contributed by atoms with van der Waals surface area (Å²) in [6, 6.07) is 11.5. The first kappa shape index (κ1) is 32.0. The van der Waals surface area contributed by atoms with E-state index in [4.69, 9.17) is 4.74 Å². The van der Waals surface area contributed by atoms with E-state index in [9.17, 15) is 38.3 Å². The summed E-state index contributed by atoms with van der Waals surface area (Å²) in [6.45, 7) is 4.11. The van der Waals surface area contributed by atoms with Gasteiger partial charge in [-0.15, -0.1) is 0 Å². The first-order chi connectivity index (χ1) is 18.8. The molecule has 0 radical (unpaired) electrons. The molecule has 1 fully saturated rings. The molecule has 1 atom stereocenters. The van der Waals surface area contributed by atoms with Crippen LogP contribution in [0.25, 0.3) is 0 Å². The van der Waals surface area contributed by atoms with Crippen LogP contribution in [0.2, 0.25) is 0 Å². The van der Waals surface area contributed by atoms with Gasteiger partial charge in [-0.2, -0.15) is 0 Å². The Hall–Kier alpha value is -2.52. The Labute approximate surface area is 234 Å². The fourth-order valence-corrected chi connectivity index (χ4v) is 7.72. The van der Waals surface area contributed by atoms with Gasteiger partial charge in [0.2, 0.25) is 11.8 Å². The molecule has 0 aliphatic heterocycles. The van der Waals surface area contributed by atoms with Crippen molar-refractivity contribution in [1.82, 2.24) is 5.32 Å². The molecule has 1 saturated carbocycles. The maximum absolute atomic E-state index is 13.5. The predicted molar refractivity (Wildman–Crippen MR) is 151 cm³/mol. The number of hydrogen-bond acceptors (Lipinski definition) is 5. The molecule has 220 valence electrons. The highest BCUT2D eigenvalue weighted by Crippen LogP contribution is 2.69. The summed E-state index contributed by atoms with van der Waals surface area (Å²) >= 11 is 0. The van der Waals surface area contributed by atoms with Gasteiger partial charge in [0.15, 0.2) is 5.40 Å². The van der Waals surface area contributed by atoms with Crippen molar-refractivity contribution in [3.8, 4) is 5.75 Å². The zero-order chi connectivity index (χ0) is 29.5. The molecule has 0 bridgehead atoms. The van der Waals surface area contributed by atoms with Gasteiger partial charge in [-0.05, 0) is 61.1 Å². The van der Waals surface area contributed by atoms with Crippen molar-refractivity contribution in [1.29, 1.82) is 0 Å². The topological polar surface area (TPSA) is 174 Å². The summed E-state index contributed by atoms with van der Waals surface area (Å²) in [5, 5.41) is 0.378. The van der Waals surface area contributed by atoms with E-state index in [0.717, 1.165) is 5.75 Å². The Bertz CT molecular complexity index is 1210. The van der Waals surface area contributed by atoms with Crippen LogP contribution in [-0.4, -0.2) is 50.6 Å². The molecule has 0 heterocycles. The number of nitrogens with zero attached hydrogens (tertiary/aromatic N) is 1. The average Bonchev–Trinajstić information content (AvgIpc) is 2.88. The average molecular weight is 597 g/mol. The fourth-order valence-electron chi connectivity index (χ4n) is 5.04. The van der Waals surface area contributed by atoms with Crippen molar-refractivity contribution in [2.75, 3.05) is 18.1 Å². The molecule has 0 saturated heterocycles. The number of carbonyl (C=O) groups excluding carboxylic acids is 2. The lowest BCUT2D eigenvalue weighted by molar-refractivity contribution is -0.126. The second-order valence-corrected chi connectivity index (χ2v) is 13.9. The highest BCUT2D eigenvalue weighted by atomic mass is 31.2. The second-order valence-electron chi connectivity index (χ2n) is 10.1. The largest absolute Gasteiger partial charge is 0.493 e. The number of nitrogens with one attached hydrogen (secondary N) is 1. The van der Waals surface area contributed by atoms with Gasteiger partial charge in [-0.25, -0.2) is 0 Å². The van der Waals surface area contributed by atoms with Gasteiger partial charge in [0.25, 0.3) is 0 Å². The number of amides is 2. The van der Waals surface area contributed by atoms with E-state index in [0.29, 0.717) is 30.3 Å². The SMILES string of the molecule is CCN(C(=O)C(Cc1ccc(C(P(=O)(O)O)P(=O)(O)O)cc1)NC(C)=O)c1ccc(OCC2CCCCC2)cc1. The monoisotopic (exact) mass is 596 g/mol. The maximum Gasteiger partial charge on any atom is 0.345 e. The highest BCUT2D eigenvalue weighted by Gasteiger charge is 2.44. The molecule has 2 aromatic rings. The quantitative estimate of drug-likeness (QED) is 0.226. The van der Waals surface area contributed by atoms with E-state index in [1.54, 1.807) is 12.1 Å². The van der Waals surface area contributed by atoms with E-state index in [1.165, 1.54) is 68.2 Å². The zero-order valence-corrected chi connectivity index (χ0v) is 24.5. The number of likely N-dealkylation sites (N-methyl/N-ethyl adjacent to an activating group) is 1. The van der Waals surface area contributed by atoms with Crippen LogP contribution < -0.4 is 15.0 Å². The van der Waals surface area contributed by atoms with Crippen LogP contribution in [0.15, 0.2) is 48.5 Å². The minimum atomic E-state index is -5.15. The van der Waals surface area contributed by atoms with E-state index in [2.05, 4.69) is 5.32 Å².